The third-order valence-electron chi connectivity index (χ3n) is 6.95. The van der Waals surface area contributed by atoms with Gasteiger partial charge in [0.05, 0.1) is 45.7 Å². The van der Waals surface area contributed by atoms with Crippen LogP contribution < -0.4 is 18.9 Å². The number of hydrogen-bond acceptors (Lipinski definition) is 8. The van der Waals surface area contributed by atoms with Crippen molar-refractivity contribution in [1.82, 2.24) is 15.0 Å². The van der Waals surface area contributed by atoms with Gasteiger partial charge in [-0.1, -0.05) is 28.9 Å². The summed E-state index contributed by atoms with van der Waals surface area (Å²) >= 11 is 5.97. The lowest BCUT2D eigenvalue weighted by Crippen LogP contribution is -2.20. The molecule has 208 valence electrons. The van der Waals surface area contributed by atoms with E-state index in [2.05, 4.69) is 10.3 Å². The zero-order valence-corrected chi connectivity index (χ0v) is 23.3. The summed E-state index contributed by atoms with van der Waals surface area (Å²) in [4.78, 5) is 12.7. The maximum atomic E-state index is 12.7. The molecule has 2 heterocycles. The van der Waals surface area contributed by atoms with Crippen molar-refractivity contribution in [2.24, 2.45) is 11.8 Å². The number of aromatic nitrogens is 3. The Hall–Kier alpha value is -4.24. The average molecular weight is 564 g/mol. The second kappa shape index (κ2) is 12.3. The number of halogens is 1. The summed E-state index contributed by atoms with van der Waals surface area (Å²) < 4.78 is 29.5. The van der Waals surface area contributed by atoms with E-state index < -0.39 is 0 Å². The highest BCUT2D eigenvalue weighted by Crippen LogP contribution is 2.35. The summed E-state index contributed by atoms with van der Waals surface area (Å²) in [5.74, 6) is 2.06. The van der Waals surface area contributed by atoms with Gasteiger partial charge in [-0.25, -0.2) is 4.68 Å². The first-order valence-electron chi connectivity index (χ1n) is 12.8. The van der Waals surface area contributed by atoms with E-state index in [1.54, 1.807) is 44.3 Å². The second-order valence-electron chi connectivity index (χ2n) is 9.50. The van der Waals surface area contributed by atoms with E-state index in [1.807, 2.05) is 48.5 Å². The Balaban J connectivity index is 1.24. The average Bonchev–Trinajstić information content (AvgIpc) is 3.59. The molecular formula is C30H30ClN3O6. The van der Waals surface area contributed by atoms with Crippen molar-refractivity contribution >= 4 is 17.6 Å². The van der Waals surface area contributed by atoms with E-state index >= 15 is 0 Å². The van der Waals surface area contributed by atoms with Crippen molar-refractivity contribution < 1.29 is 28.5 Å². The van der Waals surface area contributed by atoms with Gasteiger partial charge in [0.15, 0.2) is 23.0 Å². The fourth-order valence-electron chi connectivity index (χ4n) is 4.81. The molecule has 1 aliphatic rings. The van der Waals surface area contributed by atoms with Crippen LogP contribution in [0.5, 0.6) is 23.0 Å². The predicted molar refractivity (Wildman–Crippen MR) is 149 cm³/mol. The lowest BCUT2D eigenvalue weighted by atomic mass is 9.85. The monoisotopic (exact) mass is 563 g/mol. The molecule has 1 aromatic heterocycles. The lowest BCUT2D eigenvalue weighted by Gasteiger charge is -2.17. The van der Waals surface area contributed by atoms with E-state index in [1.165, 1.54) is 0 Å². The Labute approximate surface area is 237 Å². The Morgan fingerprint density at radius 3 is 2.23 bits per heavy atom. The molecule has 2 atom stereocenters. The van der Waals surface area contributed by atoms with E-state index in [9.17, 15) is 4.79 Å². The highest BCUT2D eigenvalue weighted by Gasteiger charge is 2.37. The van der Waals surface area contributed by atoms with Crippen LogP contribution in [-0.4, -0.2) is 48.9 Å². The summed E-state index contributed by atoms with van der Waals surface area (Å²) in [5, 5.41) is 9.01. The van der Waals surface area contributed by atoms with Crippen LogP contribution >= 0.6 is 11.6 Å². The number of esters is 1. The topological polar surface area (TPSA) is 93.9 Å². The third-order valence-corrected chi connectivity index (χ3v) is 7.20. The zero-order chi connectivity index (χ0) is 28.1. The molecule has 1 fully saturated rings. The van der Waals surface area contributed by atoms with Gasteiger partial charge in [0.1, 0.15) is 12.3 Å². The summed E-state index contributed by atoms with van der Waals surface area (Å²) in [6.45, 7) is 0.596. The second-order valence-corrected chi connectivity index (χ2v) is 9.94. The molecule has 40 heavy (non-hydrogen) atoms. The summed E-state index contributed by atoms with van der Waals surface area (Å²) in [6, 6.07) is 18.8. The molecule has 3 aromatic carbocycles. The molecule has 5 rings (SSSR count). The van der Waals surface area contributed by atoms with Crippen LogP contribution in [0, 0.1) is 11.8 Å². The van der Waals surface area contributed by atoms with Crippen LogP contribution in [0.4, 0.5) is 0 Å². The normalized spacial score (nSPS) is 16.4. The van der Waals surface area contributed by atoms with Gasteiger partial charge in [0, 0.05) is 10.9 Å². The van der Waals surface area contributed by atoms with E-state index in [4.69, 9.17) is 35.3 Å². The molecule has 0 N–H and O–H groups in total. The van der Waals surface area contributed by atoms with Crippen LogP contribution in [-0.2, 0) is 29.0 Å². The van der Waals surface area contributed by atoms with Gasteiger partial charge in [0.25, 0.3) is 0 Å². The van der Waals surface area contributed by atoms with Crippen molar-refractivity contribution in [3.05, 3.63) is 88.7 Å². The minimum Gasteiger partial charge on any atom is -0.493 e. The zero-order valence-electron chi connectivity index (χ0n) is 22.5. The van der Waals surface area contributed by atoms with Crippen molar-refractivity contribution in [3.8, 4) is 28.7 Å². The smallest absolute Gasteiger partial charge is 0.309 e. The Morgan fingerprint density at radius 2 is 1.52 bits per heavy atom. The fourth-order valence-corrected chi connectivity index (χ4v) is 4.94. The Bertz CT molecular complexity index is 1470. The molecule has 4 aromatic rings. The number of hydrogen-bond donors (Lipinski definition) is 0. The molecular weight excluding hydrogens is 534 g/mol. The molecule has 1 aliphatic heterocycles. The van der Waals surface area contributed by atoms with Crippen molar-refractivity contribution in [1.29, 1.82) is 0 Å². The molecule has 0 aliphatic carbocycles. The first kappa shape index (κ1) is 27.3. The summed E-state index contributed by atoms with van der Waals surface area (Å²) in [5.41, 5.74) is 3.52. The molecule has 0 unspecified atom stereocenters. The van der Waals surface area contributed by atoms with Gasteiger partial charge in [-0.05, 0) is 72.5 Å². The number of carbonyl (C=O) groups is 1. The van der Waals surface area contributed by atoms with Gasteiger partial charge < -0.3 is 23.7 Å². The largest absolute Gasteiger partial charge is 0.493 e. The molecule has 0 spiro atoms. The SMILES string of the molecule is COc1ccc(C[C@H]2COC(=O)[C@@H]2Cc2ccc(OCc3cn(-c4ccc(Cl)cc4)nn3)c(OC)c2)cc1OC. The van der Waals surface area contributed by atoms with Crippen LogP contribution in [0.1, 0.15) is 16.8 Å². The van der Waals surface area contributed by atoms with Crippen LogP contribution in [0.2, 0.25) is 5.02 Å². The van der Waals surface area contributed by atoms with E-state index in [0.29, 0.717) is 53.2 Å². The maximum absolute atomic E-state index is 12.7. The maximum Gasteiger partial charge on any atom is 0.309 e. The third kappa shape index (κ3) is 6.15. The van der Waals surface area contributed by atoms with Gasteiger partial charge in [-0.15, -0.1) is 5.10 Å². The number of nitrogens with zero attached hydrogens (tertiary/aromatic N) is 3. The number of carbonyl (C=O) groups excluding carboxylic acids is 1. The standard InChI is InChI=1S/C30H30ClN3O6/c1-36-26-10-4-19(14-28(26)37-2)12-21-17-40-30(35)25(21)13-20-5-11-27(29(15-20)38-3)39-18-23-16-34(33-32-23)24-8-6-22(31)7-9-24/h4-11,14-16,21,25H,12-13,17-18H2,1-3H3/t21-,25+/m0/s1. The van der Waals surface area contributed by atoms with Gasteiger partial charge in [-0.2, -0.15) is 0 Å². The molecule has 10 heteroatoms. The molecule has 0 amide bonds. The van der Waals surface area contributed by atoms with Crippen LogP contribution in [0.15, 0.2) is 66.9 Å². The number of methoxy groups -OCH3 is 3. The quantitative estimate of drug-likeness (QED) is 0.233. The van der Waals surface area contributed by atoms with E-state index in [0.717, 1.165) is 16.8 Å². The Kier molecular flexibility index (Phi) is 8.40. The molecule has 1 saturated heterocycles. The van der Waals surface area contributed by atoms with Crippen LogP contribution in [0.3, 0.4) is 0 Å². The van der Waals surface area contributed by atoms with Gasteiger partial charge >= 0.3 is 5.97 Å². The minimum atomic E-state index is -0.271. The van der Waals surface area contributed by atoms with Gasteiger partial charge in [-0.3, -0.25) is 4.79 Å². The van der Waals surface area contributed by atoms with Crippen molar-refractivity contribution in [3.63, 3.8) is 0 Å². The first-order chi connectivity index (χ1) is 19.5. The highest BCUT2D eigenvalue weighted by atomic mass is 35.5. The molecule has 0 saturated carbocycles. The summed E-state index contributed by atoms with van der Waals surface area (Å²) in [7, 11) is 4.81. The predicted octanol–water partition coefficient (Wildman–Crippen LogP) is 5.10. The number of benzene rings is 3. The van der Waals surface area contributed by atoms with E-state index in [-0.39, 0.29) is 24.4 Å². The molecule has 0 radical (unpaired) electrons. The van der Waals surface area contributed by atoms with Crippen LogP contribution in [0.25, 0.3) is 5.69 Å². The first-order valence-corrected chi connectivity index (χ1v) is 13.2. The molecule has 0 bridgehead atoms. The lowest BCUT2D eigenvalue weighted by molar-refractivity contribution is -0.141. The summed E-state index contributed by atoms with van der Waals surface area (Å²) in [6.07, 6.45) is 3.02. The van der Waals surface area contributed by atoms with Gasteiger partial charge in [0.2, 0.25) is 0 Å². The highest BCUT2D eigenvalue weighted by molar-refractivity contribution is 6.30. The number of rotatable bonds is 11. The van der Waals surface area contributed by atoms with Crippen molar-refractivity contribution in [2.75, 3.05) is 27.9 Å². The molecule has 9 nitrogen and oxygen atoms in total. The minimum absolute atomic E-state index is 0.0378. The Morgan fingerprint density at radius 1 is 0.875 bits per heavy atom. The fraction of sp³-hybridized carbons (Fsp3) is 0.300. The number of ether oxygens (including phenoxy) is 5. The number of cyclic esters (lactones) is 1. The van der Waals surface area contributed by atoms with Crippen molar-refractivity contribution in [2.45, 2.75) is 19.4 Å².